The summed E-state index contributed by atoms with van der Waals surface area (Å²) in [5.41, 5.74) is 0.725. The SMILES string of the molecule is O=C(CSc1nnc(CN2CCCC2=O)o1)Nc1ccc(Br)cc1. The van der Waals surface area contributed by atoms with Crippen molar-refractivity contribution < 1.29 is 14.0 Å². The lowest BCUT2D eigenvalue weighted by Gasteiger charge is -2.11. The lowest BCUT2D eigenvalue weighted by atomic mass is 10.3. The molecule has 1 N–H and O–H groups in total. The number of carbonyl (C=O) groups excluding carboxylic acids is 2. The number of benzene rings is 1. The molecular weight excluding hydrogens is 396 g/mol. The van der Waals surface area contributed by atoms with Crippen LogP contribution in [-0.4, -0.2) is 39.2 Å². The van der Waals surface area contributed by atoms with Crippen molar-refractivity contribution in [3.8, 4) is 0 Å². The summed E-state index contributed by atoms with van der Waals surface area (Å²) in [7, 11) is 0. The molecule has 1 aliphatic heterocycles. The van der Waals surface area contributed by atoms with E-state index in [1.165, 1.54) is 11.8 Å². The first-order valence-corrected chi connectivity index (χ1v) is 9.16. The maximum absolute atomic E-state index is 11.9. The molecule has 7 nitrogen and oxygen atoms in total. The van der Waals surface area contributed by atoms with Gasteiger partial charge in [0, 0.05) is 23.1 Å². The molecule has 2 heterocycles. The van der Waals surface area contributed by atoms with Crippen LogP contribution in [0.1, 0.15) is 18.7 Å². The van der Waals surface area contributed by atoms with Gasteiger partial charge in [-0.15, -0.1) is 10.2 Å². The number of nitrogens with one attached hydrogen (secondary N) is 1. The molecule has 126 valence electrons. The average molecular weight is 411 g/mol. The topological polar surface area (TPSA) is 88.3 Å². The number of likely N-dealkylation sites (tertiary alicyclic amines) is 1. The number of hydrogen-bond donors (Lipinski definition) is 1. The smallest absolute Gasteiger partial charge is 0.277 e. The van der Waals surface area contributed by atoms with Gasteiger partial charge in [0.1, 0.15) is 0 Å². The third-order valence-corrected chi connectivity index (χ3v) is 4.75. The van der Waals surface area contributed by atoms with E-state index in [9.17, 15) is 9.59 Å². The monoisotopic (exact) mass is 410 g/mol. The summed E-state index contributed by atoms with van der Waals surface area (Å²) in [4.78, 5) is 25.2. The molecule has 1 aromatic carbocycles. The molecule has 2 aromatic rings. The normalized spacial score (nSPS) is 14.2. The van der Waals surface area contributed by atoms with Crippen LogP contribution < -0.4 is 5.32 Å². The highest BCUT2D eigenvalue weighted by Gasteiger charge is 2.22. The number of anilines is 1. The molecule has 1 aliphatic rings. The lowest BCUT2D eigenvalue weighted by Crippen LogP contribution is -2.23. The van der Waals surface area contributed by atoms with Crippen LogP contribution in [0.5, 0.6) is 0 Å². The van der Waals surface area contributed by atoms with E-state index in [4.69, 9.17) is 4.42 Å². The Bertz CT molecular complexity index is 735. The van der Waals surface area contributed by atoms with Crippen molar-refractivity contribution in [3.63, 3.8) is 0 Å². The molecule has 9 heteroatoms. The molecule has 3 rings (SSSR count). The Morgan fingerprint density at radius 3 is 2.83 bits per heavy atom. The number of rotatable bonds is 6. The number of hydrogen-bond acceptors (Lipinski definition) is 6. The van der Waals surface area contributed by atoms with Crippen LogP contribution in [-0.2, 0) is 16.1 Å². The Balaban J connectivity index is 1.47. The van der Waals surface area contributed by atoms with Gasteiger partial charge >= 0.3 is 0 Å². The molecule has 0 atom stereocenters. The van der Waals surface area contributed by atoms with Gasteiger partial charge in [-0.3, -0.25) is 9.59 Å². The summed E-state index contributed by atoms with van der Waals surface area (Å²) in [5, 5.41) is 10.9. The van der Waals surface area contributed by atoms with E-state index in [1.54, 1.807) is 4.90 Å². The zero-order valence-electron chi connectivity index (χ0n) is 12.7. The van der Waals surface area contributed by atoms with Crippen LogP contribution >= 0.6 is 27.7 Å². The molecule has 0 spiro atoms. The van der Waals surface area contributed by atoms with Crippen molar-refractivity contribution in [2.75, 3.05) is 17.6 Å². The number of carbonyl (C=O) groups is 2. The van der Waals surface area contributed by atoms with Crippen molar-refractivity contribution in [2.45, 2.75) is 24.6 Å². The summed E-state index contributed by atoms with van der Waals surface area (Å²) in [6.45, 7) is 1.05. The minimum Gasteiger partial charge on any atom is -0.414 e. The molecule has 24 heavy (non-hydrogen) atoms. The van der Waals surface area contributed by atoms with Crippen LogP contribution in [0.15, 0.2) is 38.4 Å². The number of halogens is 1. The predicted octanol–water partition coefficient (Wildman–Crippen LogP) is 2.69. The second-order valence-electron chi connectivity index (χ2n) is 5.22. The lowest BCUT2D eigenvalue weighted by molar-refractivity contribution is -0.128. The van der Waals surface area contributed by atoms with Gasteiger partial charge in [-0.2, -0.15) is 0 Å². The van der Waals surface area contributed by atoms with Gasteiger partial charge in [-0.1, -0.05) is 27.7 Å². The number of aromatic nitrogens is 2. The number of amides is 2. The standard InChI is InChI=1S/C15H15BrN4O3S/c16-10-3-5-11(6-4-10)17-12(21)9-24-15-19-18-13(23-15)8-20-7-1-2-14(20)22/h3-6H,1-2,7-9H2,(H,17,21). The molecule has 0 saturated carbocycles. The fourth-order valence-electron chi connectivity index (χ4n) is 2.25. The van der Waals surface area contributed by atoms with E-state index in [2.05, 4.69) is 31.4 Å². The molecule has 0 unspecified atom stereocenters. The van der Waals surface area contributed by atoms with Crippen molar-refractivity contribution in [1.29, 1.82) is 0 Å². The second kappa shape index (κ2) is 7.80. The summed E-state index contributed by atoms with van der Waals surface area (Å²) in [5.74, 6) is 0.509. The zero-order valence-corrected chi connectivity index (χ0v) is 15.1. The van der Waals surface area contributed by atoms with Gasteiger partial charge < -0.3 is 14.6 Å². The van der Waals surface area contributed by atoms with Gasteiger partial charge in [0.25, 0.3) is 5.22 Å². The van der Waals surface area contributed by atoms with E-state index >= 15 is 0 Å². The number of thioether (sulfide) groups is 1. The van der Waals surface area contributed by atoms with Gasteiger partial charge in [0.15, 0.2) is 0 Å². The molecule has 1 fully saturated rings. The maximum atomic E-state index is 11.9. The quantitative estimate of drug-likeness (QED) is 0.736. The van der Waals surface area contributed by atoms with E-state index in [-0.39, 0.29) is 17.6 Å². The molecule has 0 aliphatic carbocycles. The summed E-state index contributed by atoms with van der Waals surface area (Å²) in [6, 6.07) is 7.33. The molecule has 1 aromatic heterocycles. The largest absolute Gasteiger partial charge is 0.414 e. The summed E-state index contributed by atoms with van der Waals surface area (Å²) >= 11 is 4.51. The fraction of sp³-hybridized carbons (Fsp3) is 0.333. The first-order valence-electron chi connectivity index (χ1n) is 7.38. The highest BCUT2D eigenvalue weighted by molar-refractivity contribution is 9.10. The maximum Gasteiger partial charge on any atom is 0.277 e. The van der Waals surface area contributed by atoms with Crippen LogP contribution in [0.2, 0.25) is 0 Å². The van der Waals surface area contributed by atoms with Gasteiger partial charge in [0.05, 0.1) is 12.3 Å². The van der Waals surface area contributed by atoms with Crippen molar-refractivity contribution in [1.82, 2.24) is 15.1 Å². The van der Waals surface area contributed by atoms with Gasteiger partial charge in [-0.05, 0) is 30.7 Å². The van der Waals surface area contributed by atoms with Gasteiger partial charge in [0.2, 0.25) is 17.7 Å². The third kappa shape index (κ3) is 4.57. The highest BCUT2D eigenvalue weighted by atomic mass is 79.9. The van der Waals surface area contributed by atoms with Gasteiger partial charge in [-0.25, -0.2) is 0 Å². The minimum atomic E-state index is -0.156. The Morgan fingerprint density at radius 1 is 1.33 bits per heavy atom. The van der Waals surface area contributed by atoms with E-state index in [0.717, 1.165) is 23.1 Å². The Labute approximate surface area is 151 Å². The van der Waals surface area contributed by atoms with E-state index in [1.807, 2.05) is 24.3 Å². The zero-order chi connectivity index (χ0) is 16.9. The summed E-state index contributed by atoms with van der Waals surface area (Å²) in [6.07, 6.45) is 1.44. The Hall–Kier alpha value is -1.87. The Morgan fingerprint density at radius 2 is 2.12 bits per heavy atom. The van der Waals surface area contributed by atoms with Crippen LogP contribution in [0.25, 0.3) is 0 Å². The van der Waals surface area contributed by atoms with Crippen LogP contribution in [0.3, 0.4) is 0 Å². The fourth-order valence-corrected chi connectivity index (χ4v) is 3.10. The first-order chi connectivity index (χ1) is 11.6. The van der Waals surface area contributed by atoms with Crippen LogP contribution in [0.4, 0.5) is 5.69 Å². The molecule has 2 amide bonds. The molecule has 1 saturated heterocycles. The van der Waals surface area contributed by atoms with Crippen molar-refractivity contribution >= 4 is 45.2 Å². The van der Waals surface area contributed by atoms with Crippen molar-refractivity contribution in [2.24, 2.45) is 0 Å². The van der Waals surface area contributed by atoms with Crippen molar-refractivity contribution in [3.05, 3.63) is 34.6 Å². The molecular formula is C15H15BrN4O3S. The van der Waals surface area contributed by atoms with E-state index < -0.39 is 0 Å². The van der Waals surface area contributed by atoms with Crippen LogP contribution in [0, 0.1) is 0 Å². The Kier molecular flexibility index (Phi) is 5.52. The predicted molar refractivity (Wildman–Crippen MR) is 92.4 cm³/mol. The second-order valence-corrected chi connectivity index (χ2v) is 7.07. The van der Waals surface area contributed by atoms with E-state index in [0.29, 0.717) is 24.1 Å². The molecule has 0 bridgehead atoms. The number of nitrogens with zero attached hydrogens (tertiary/aromatic N) is 3. The minimum absolute atomic E-state index is 0.108. The average Bonchev–Trinajstić information content (AvgIpc) is 3.18. The summed E-state index contributed by atoms with van der Waals surface area (Å²) < 4.78 is 6.42. The third-order valence-electron chi connectivity index (χ3n) is 3.40. The first kappa shape index (κ1) is 17.0. The highest BCUT2D eigenvalue weighted by Crippen LogP contribution is 2.20. The molecule has 0 radical (unpaired) electrons.